The minimum atomic E-state index is 0.225. The molecule has 1 aliphatic rings. The number of carbonyl (C=O) groups excluding carboxylic acids is 1. The minimum Gasteiger partial charge on any atom is -0.338 e. The predicted octanol–water partition coefficient (Wildman–Crippen LogP) is 2.27. The van der Waals surface area contributed by atoms with Crippen molar-refractivity contribution in [2.75, 3.05) is 13.1 Å². The molecule has 0 saturated carbocycles. The van der Waals surface area contributed by atoms with E-state index >= 15 is 0 Å². The molecule has 1 amide bonds. The van der Waals surface area contributed by atoms with Crippen molar-refractivity contribution in [2.45, 2.75) is 45.1 Å². The fraction of sp³-hybridized carbons (Fsp3) is 0.562. The maximum Gasteiger partial charge on any atom is 0.227 e. The van der Waals surface area contributed by atoms with E-state index in [1.807, 2.05) is 17.0 Å². The molecule has 3 heteroatoms. The average Bonchev–Trinajstić information content (AvgIpc) is 2.63. The van der Waals surface area contributed by atoms with Gasteiger partial charge < -0.3 is 10.6 Å². The molecule has 2 rings (SSSR count). The van der Waals surface area contributed by atoms with Crippen LogP contribution in [0.4, 0.5) is 0 Å². The zero-order valence-corrected chi connectivity index (χ0v) is 11.8. The summed E-state index contributed by atoms with van der Waals surface area (Å²) in [6.07, 6.45) is 5.06. The molecule has 0 aliphatic carbocycles. The van der Waals surface area contributed by atoms with Gasteiger partial charge >= 0.3 is 0 Å². The van der Waals surface area contributed by atoms with Crippen molar-refractivity contribution in [3.63, 3.8) is 0 Å². The number of nitrogens with two attached hydrogens (primary N) is 1. The fourth-order valence-electron chi connectivity index (χ4n) is 2.85. The molecule has 1 unspecified atom stereocenters. The van der Waals surface area contributed by atoms with E-state index in [0.29, 0.717) is 13.0 Å². The lowest BCUT2D eigenvalue weighted by molar-refractivity contribution is -0.132. The summed E-state index contributed by atoms with van der Waals surface area (Å²) < 4.78 is 0. The minimum absolute atomic E-state index is 0.225. The lowest BCUT2D eigenvalue weighted by atomic mass is 10.1. The number of likely N-dealkylation sites (tertiary alicyclic amines) is 1. The summed E-state index contributed by atoms with van der Waals surface area (Å²) in [6.45, 7) is 3.51. The quantitative estimate of drug-likeness (QED) is 0.906. The number of amides is 1. The maximum absolute atomic E-state index is 12.5. The largest absolute Gasteiger partial charge is 0.338 e. The summed E-state index contributed by atoms with van der Waals surface area (Å²) in [5.74, 6) is 0.225. The molecule has 0 bridgehead atoms. The lowest BCUT2D eigenvalue weighted by Gasteiger charge is -2.29. The van der Waals surface area contributed by atoms with Crippen LogP contribution in [0.1, 0.15) is 36.8 Å². The van der Waals surface area contributed by atoms with Crippen molar-refractivity contribution >= 4 is 5.91 Å². The van der Waals surface area contributed by atoms with E-state index in [1.165, 1.54) is 18.4 Å². The molecule has 1 aromatic rings. The molecule has 1 saturated heterocycles. The highest BCUT2D eigenvalue weighted by Crippen LogP contribution is 2.17. The van der Waals surface area contributed by atoms with E-state index in [4.69, 9.17) is 5.73 Å². The molecule has 3 nitrogen and oxygen atoms in total. The molecule has 0 radical (unpaired) electrons. The smallest absolute Gasteiger partial charge is 0.227 e. The van der Waals surface area contributed by atoms with Gasteiger partial charge in [-0.1, -0.05) is 42.7 Å². The van der Waals surface area contributed by atoms with Gasteiger partial charge in [0.2, 0.25) is 5.91 Å². The van der Waals surface area contributed by atoms with Gasteiger partial charge in [-0.05, 0) is 25.3 Å². The topological polar surface area (TPSA) is 46.3 Å². The number of rotatable bonds is 3. The second-order valence-electron chi connectivity index (χ2n) is 5.49. The van der Waals surface area contributed by atoms with Crippen LogP contribution < -0.4 is 5.73 Å². The van der Waals surface area contributed by atoms with Gasteiger partial charge in [-0.25, -0.2) is 0 Å². The van der Waals surface area contributed by atoms with Gasteiger partial charge in [0.25, 0.3) is 0 Å². The SMILES string of the molecule is Cc1cccc(CC(=O)N2CCCCCC2CN)c1. The van der Waals surface area contributed by atoms with Gasteiger partial charge in [-0.2, -0.15) is 0 Å². The fourth-order valence-corrected chi connectivity index (χ4v) is 2.85. The molecular weight excluding hydrogens is 236 g/mol. The molecule has 1 aliphatic heterocycles. The van der Waals surface area contributed by atoms with Crippen LogP contribution in [0, 0.1) is 6.92 Å². The normalized spacial score (nSPS) is 20.1. The predicted molar refractivity (Wildman–Crippen MR) is 77.9 cm³/mol. The Labute approximate surface area is 115 Å². The first-order valence-electron chi connectivity index (χ1n) is 7.26. The van der Waals surface area contributed by atoms with E-state index in [2.05, 4.69) is 19.1 Å². The first-order valence-corrected chi connectivity index (χ1v) is 7.26. The van der Waals surface area contributed by atoms with E-state index in [1.54, 1.807) is 0 Å². The number of aryl methyl sites for hydroxylation is 1. The Kier molecular flexibility index (Phi) is 4.97. The summed E-state index contributed by atoms with van der Waals surface area (Å²) >= 11 is 0. The standard InChI is InChI=1S/C16H24N2O/c1-13-6-5-7-14(10-13)11-16(19)18-9-4-2-3-8-15(18)12-17/h5-7,10,15H,2-4,8-9,11-12,17H2,1H3. The van der Waals surface area contributed by atoms with Crippen molar-refractivity contribution < 1.29 is 4.79 Å². The molecule has 104 valence electrons. The molecule has 1 heterocycles. The van der Waals surface area contributed by atoms with Crippen LogP contribution in [0.25, 0.3) is 0 Å². The van der Waals surface area contributed by atoms with Gasteiger partial charge in [0.15, 0.2) is 0 Å². The Morgan fingerprint density at radius 3 is 2.95 bits per heavy atom. The van der Waals surface area contributed by atoms with E-state index in [-0.39, 0.29) is 11.9 Å². The Hall–Kier alpha value is -1.35. The zero-order valence-electron chi connectivity index (χ0n) is 11.8. The molecular formula is C16H24N2O. The molecule has 1 atom stereocenters. The van der Waals surface area contributed by atoms with Crippen molar-refractivity contribution in [3.05, 3.63) is 35.4 Å². The Balaban J connectivity index is 2.04. The number of benzene rings is 1. The number of nitrogens with zero attached hydrogens (tertiary/aromatic N) is 1. The van der Waals surface area contributed by atoms with E-state index in [0.717, 1.165) is 24.9 Å². The van der Waals surface area contributed by atoms with Crippen molar-refractivity contribution in [3.8, 4) is 0 Å². The number of hydrogen-bond donors (Lipinski definition) is 1. The zero-order chi connectivity index (χ0) is 13.7. The number of hydrogen-bond acceptors (Lipinski definition) is 2. The van der Waals surface area contributed by atoms with Crippen LogP contribution in [0.2, 0.25) is 0 Å². The maximum atomic E-state index is 12.5. The van der Waals surface area contributed by atoms with Gasteiger partial charge in [0.1, 0.15) is 0 Å². The monoisotopic (exact) mass is 260 g/mol. The third-order valence-electron chi connectivity index (χ3n) is 3.91. The van der Waals surface area contributed by atoms with Gasteiger partial charge in [-0.3, -0.25) is 4.79 Å². The second-order valence-corrected chi connectivity index (χ2v) is 5.49. The lowest BCUT2D eigenvalue weighted by Crippen LogP contribution is -2.44. The first-order chi connectivity index (χ1) is 9.20. The molecule has 1 fully saturated rings. The van der Waals surface area contributed by atoms with Gasteiger partial charge in [-0.15, -0.1) is 0 Å². The summed E-state index contributed by atoms with van der Waals surface area (Å²) in [4.78, 5) is 14.5. The van der Waals surface area contributed by atoms with Crippen LogP contribution in [-0.2, 0) is 11.2 Å². The molecule has 0 aromatic heterocycles. The second kappa shape index (κ2) is 6.71. The highest BCUT2D eigenvalue weighted by Gasteiger charge is 2.24. The van der Waals surface area contributed by atoms with Crippen LogP contribution in [-0.4, -0.2) is 29.9 Å². The molecule has 0 spiro atoms. The van der Waals surface area contributed by atoms with Crippen LogP contribution in [0.15, 0.2) is 24.3 Å². The molecule has 1 aromatic carbocycles. The van der Waals surface area contributed by atoms with Crippen LogP contribution in [0.3, 0.4) is 0 Å². The Bertz CT molecular complexity index is 431. The van der Waals surface area contributed by atoms with Crippen molar-refractivity contribution in [1.82, 2.24) is 4.90 Å². The first kappa shape index (κ1) is 14.1. The third-order valence-corrected chi connectivity index (χ3v) is 3.91. The highest BCUT2D eigenvalue weighted by atomic mass is 16.2. The average molecular weight is 260 g/mol. The van der Waals surface area contributed by atoms with Gasteiger partial charge in [0, 0.05) is 19.1 Å². The van der Waals surface area contributed by atoms with E-state index in [9.17, 15) is 4.79 Å². The van der Waals surface area contributed by atoms with Crippen LogP contribution in [0.5, 0.6) is 0 Å². The van der Waals surface area contributed by atoms with E-state index < -0.39 is 0 Å². The number of carbonyl (C=O) groups is 1. The highest BCUT2D eigenvalue weighted by molar-refractivity contribution is 5.79. The summed E-state index contributed by atoms with van der Waals surface area (Å²) in [5, 5.41) is 0. The Morgan fingerprint density at radius 2 is 2.21 bits per heavy atom. The third kappa shape index (κ3) is 3.80. The summed E-state index contributed by atoms with van der Waals surface area (Å²) in [7, 11) is 0. The summed E-state index contributed by atoms with van der Waals surface area (Å²) in [6, 6.07) is 8.43. The van der Waals surface area contributed by atoms with Gasteiger partial charge in [0.05, 0.1) is 6.42 Å². The molecule has 2 N–H and O–H groups in total. The summed E-state index contributed by atoms with van der Waals surface area (Å²) in [5.41, 5.74) is 8.13. The molecule has 19 heavy (non-hydrogen) atoms. The van der Waals surface area contributed by atoms with Crippen molar-refractivity contribution in [1.29, 1.82) is 0 Å². The van der Waals surface area contributed by atoms with Crippen molar-refractivity contribution in [2.24, 2.45) is 5.73 Å². The Morgan fingerprint density at radius 1 is 1.37 bits per heavy atom. The van der Waals surface area contributed by atoms with Crippen LogP contribution >= 0.6 is 0 Å².